The number of halogens is 6. The summed E-state index contributed by atoms with van der Waals surface area (Å²) in [5.74, 6) is -0.979. The number of ether oxygens (including phenoxy) is 1. The molecule has 0 spiro atoms. The summed E-state index contributed by atoms with van der Waals surface area (Å²) in [6.45, 7) is 1.27. The SMILES string of the molecule is CC(C)(O)CC(=O)Nc1nc2ccc(C(F)(F)F)nc2n1-c1ccc(OCC(F)(F)F)cc1. The molecular formula is C20H18F6N4O3. The van der Waals surface area contributed by atoms with Crippen LogP contribution in [0.1, 0.15) is 26.0 Å². The number of nitrogens with one attached hydrogen (secondary N) is 1. The molecule has 0 bridgehead atoms. The summed E-state index contributed by atoms with van der Waals surface area (Å²) in [7, 11) is 0. The van der Waals surface area contributed by atoms with Crippen molar-refractivity contribution in [2.45, 2.75) is 38.2 Å². The van der Waals surface area contributed by atoms with Crippen molar-refractivity contribution < 1.29 is 41.0 Å². The van der Waals surface area contributed by atoms with Crippen LogP contribution in [0.2, 0.25) is 0 Å². The Bertz CT molecular complexity index is 1150. The predicted octanol–water partition coefficient (Wildman–Crippen LogP) is 4.48. The van der Waals surface area contributed by atoms with Crippen LogP contribution >= 0.6 is 0 Å². The monoisotopic (exact) mass is 476 g/mol. The minimum atomic E-state index is -4.75. The van der Waals surface area contributed by atoms with E-state index in [0.29, 0.717) is 0 Å². The number of anilines is 1. The second-order valence-corrected chi connectivity index (χ2v) is 7.74. The van der Waals surface area contributed by atoms with Crippen molar-refractivity contribution in [3.05, 3.63) is 42.1 Å². The molecule has 3 rings (SSSR count). The number of pyridine rings is 1. The number of benzene rings is 1. The van der Waals surface area contributed by atoms with Crippen molar-refractivity contribution in [2.24, 2.45) is 0 Å². The highest BCUT2D eigenvalue weighted by Gasteiger charge is 2.33. The second kappa shape index (κ2) is 8.54. The molecule has 0 atom stereocenters. The number of hydrogen-bond donors (Lipinski definition) is 2. The maximum Gasteiger partial charge on any atom is 0.433 e. The van der Waals surface area contributed by atoms with E-state index in [1.807, 2.05) is 0 Å². The van der Waals surface area contributed by atoms with E-state index < -0.39 is 36.2 Å². The van der Waals surface area contributed by atoms with Gasteiger partial charge in [0.05, 0.1) is 17.7 Å². The number of rotatable bonds is 6. The number of alkyl halides is 6. The Morgan fingerprint density at radius 1 is 1.03 bits per heavy atom. The van der Waals surface area contributed by atoms with Gasteiger partial charge in [-0.1, -0.05) is 0 Å². The van der Waals surface area contributed by atoms with E-state index in [4.69, 9.17) is 0 Å². The van der Waals surface area contributed by atoms with Crippen LogP contribution in [0.4, 0.5) is 32.3 Å². The van der Waals surface area contributed by atoms with E-state index in [0.717, 1.165) is 16.7 Å². The highest BCUT2D eigenvalue weighted by atomic mass is 19.4. The molecule has 0 radical (unpaired) electrons. The van der Waals surface area contributed by atoms with Gasteiger partial charge in [-0.25, -0.2) is 9.97 Å². The Morgan fingerprint density at radius 2 is 1.67 bits per heavy atom. The predicted molar refractivity (Wildman–Crippen MR) is 105 cm³/mol. The van der Waals surface area contributed by atoms with Crippen LogP contribution in [-0.4, -0.2) is 43.9 Å². The van der Waals surface area contributed by atoms with E-state index in [1.54, 1.807) is 0 Å². The fourth-order valence-corrected chi connectivity index (χ4v) is 2.86. The third kappa shape index (κ3) is 6.34. The van der Waals surface area contributed by atoms with Crippen LogP contribution in [0.5, 0.6) is 5.75 Å². The van der Waals surface area contributed by atoms with Gasteiger partial charge in [0, 0.05) is 0 Å². The zero-order chi connectivity index (χ0) is 24.6. The number of aliphatic hydroxyl groups is 1. The first-order valence-electron chi connectivity index (χ1n) is 9.41. The van der Waals surface area contributed by atoms with Gasteiger partial charge in [0.15, 0.2) is 12.3 Å². The molecule has 2 heterocycles. The highest BCUT2D eigenvalue weighted by Crippen LogP contribution is 2.31. The van der Waals surface area contributed by atoms with Gasteiger partial charge in [-0.15, -0.1) is 0 Å². The molecule has 1 amide bonds. The molecule has 7 nitrogen and oxygen atoms in total. The van der Waals surface area contributed by atoms with Gasteiger partial charge in [-0.2, -0.15) is 26.3 Å². The topological polar surface area (TPSA) is 89.3 Å². The molecule has 2 aromatic heterocycles. The fraction of sp³-hybridized carbons (Fsp3) is 0.350. The second-order valence-electron chi connectivity index (χ2n) is 7.74. The van der Waals surface area contributed by atoms with Gasteiger partial charge in [-0.3, -0.25) is 14.7 Å². The molecule has 0 aliphatic rings. The summed E-state index contributed by atoms with van der Waals surface area (Å²) in [6.07, 6.45) is -9.63. The summed E-state index contributed by atoms with van der Waals surface area (Å²) in [5, 5.41) is 12.3. The third-order valence-electron chi connectivity index (χ3n) is 4.14. The molecular weight excluding hydrogens is 458 g/mol. The third-order valence-corrected chi connectivity index (χ3v) is 4.14. The smallest absolute Gasteiger partial charge is 0.433 e. The summed E-state index contributed by atoms with van der Waals surface area (Å²) in [6, 6.07) is 6.73. The standard InChI is InChI=1S/C20H18F6N4O3/c1-18(2,32)9-15(31)29-17-27-13-7-8-14(20(24,25)26)28-16(13)30(17)11-3-5-12(6-4-11)33-10-19(21,22)23/h3-8,32H,9-10H2,1-2H3,(H,27,29,31). The van der Waals surface area contributed by atoms with Crippen LogP contribution in [0.15, 0.2) is 36.4 Å². The maximum atomic E-state index is 13.2. The molecule has 0 aliphatic heterocycles. The first kappa shape index (κ1) is 24.3. The summed E-state index contributed by atoms with van der Waals surface area (Å²) in [5.41, 5.74) is -2.62. The van der Waals surface area contributed by atoms with Crippen LogP contribution in [0.25, 0.3) is 16.9 Å². The first-order valence-corrected chi connectivity index (χ1v) is 9.41. The largest absolute Gasteiger partial charge is 0.484 e. The number of carbonyl (C=O) groups is 1. The van der Waals surface area contributed by atoms with Crippen LogP contribution in [0.3, 0.4) is 0 Å². The van der Waals surface area contributed by atoms with Crippen LogP contribution in [0, 0.1) is 0 Å². The number of aromatic nitrogens is 3. The molecule has 1 aromatic carbocycles. The molecule has 0 saturated carbocycles. The van der Waals surface area contributed by atoms with Gasteiger partial charge in [0.2, 0.25) is 11.9 Å². The van der Waals surface area contributed by atoms with E-state index in [1.165, 1.54) is 38.1 Å². The van der Waals surface area contributed by atoms with Gasteiger partial charge < -0.3 is 9.84 Å². The molecule has 0 unspecified atom stereocenters. The lowest BCUT2D eigenvalue weighted by Crippen LogP contribution is -2.28. The highest BCUT2D eigenvalue weighted by molar-refractivity contribution is 5.92. The first-order chi connectivity index (χ1) is 15.1. The zero-order valence-corrected chi connectivity index (χ0v) is 17.3. The molecule has 3 aromatic rings. The number of nitrogens with zero attached hydrogens (tertiary/aromatic N) is 3. The van der Waals surface area contributed by atoms with Crippen molar-refractivity contribution in [3.63, 3.8) is 0 Å². The summed E-state index contributed by atoms with van der Waals surface area (Å²) >= 11 is 0. The number of amides is 1. The number of imidazole rings is 1. The van der Waals surface area contributed by atoms with Gasteiger partial charge in [0.25, 0.3) is 0 Å². The number of hydrogen-bond acceptors (Lipinski definition) is 5. The lowest BCUT2D eigenvalue weighted by atomic mass is 10.1. The van der Waals surface area contributed by atoms with E-state index in [-0.39, 0.29) is 35.0 Å². The Hall–Kier alpha value is -3.35. The Labute approximate surface area is 183 Å². The van der Waals surface area contributed by atoms with Gasteiger partial charge in [-0.05, 0) is 50.2 Å². The van der Waals surface area contributed by atoms with Crippen molar-refractivity contribution >= 4 is 23.0 Å². The van der Waals surface area contributed by atoms with Crippen molar-refractivity contribution in [3.8, 4) is 11.4 Å². The lowest BCUT2D eigenvalue weighted by molar-refractivity contribution is -0.153. The van der Waals surface area contributed by atoms with E-state index >= 15 is 0 Å². The Kier molecular flexibility index (Phi) is 6.29. The van der Waals surface area contributed by atoms with Crippen molar-refractivity contribution in [1.29, 1.82) is 0 Å². The molecule has 178 valence electrons. The fourth-order valence-electron chi connectivity index (χ4n) is 2.86. The summed E-state index contributed by atoms with van der Waals surface area (Å²) < 4.78 is 82.4. The van der Waals surface area contributed by atoms with E-state index in [9.17, 15) is 36.2 Å². The molecule has 2 N–H and O–H groups in total. The Balaban J connectivity index is 2.05. The molecule has 0 saturated heterocycles. The normalized spacial score (nSPS) is 12.8. The Morgan fingerprint density at radius 3 is 2.21 bits per heavy atom. The summed E-state index contributed by atoms with van der Waals surface area (Å²) in [4.78, 5) is 20.0. The van der Waals surface area contributed by atoms with Crippen molar-refractivity contribution in [2.75, 3.05) is 11.9 Å². The van der Waals surface area contributed by atoms with Crippen LogP contribution in [-0.2, 0) is 11.0 Å². The molecule has 33 heavy (non-hydrogen) atoms. The molecule has 0 fully saturated rings. The minimum absolute atomic E-state index is 0.0268. The number of fused-ring (bicyclic) bond motifs is 1. The molecule has 0 aliphatic carbocycles. The minimum Gasteiger partial charge on any atom is -0.484 e. The van der Waals surface area contributed by atoms with Crippen LogP contribution < -0.4 is 10.1 Å². The zero-order valence-electron chi connectivity index (χ0n) is 17.3. The average Bonchev–Trinajstić information content (AvgIpc) is 3.00. The lowest BCUT2D eigenvalue weighted by Gasteiger charge is -2.16. The average molecular weight is 476 g/mol. The molecule has 13 heteroatoms. The quantitative estimate of drug-likeness (QED) is 0.513. The number of carbonyl (C=O) groups excluding carboxylic acids is 1. The van der Waals surface area contributed by atoms with Gasteiger partial charge >= 0.3 is 12.4 Å². The maximum absolute atomic E-state index is 13.2. The van der Waals surface area contributed by atoms with E-state index in [2.05, 4.69) is 20.0 Å². The van der Waals surface area contributed by atoms with Crippen molar-refractivity contribution in [1.82, 2.24) is 14.5 Å². The van der Waals surface area contributed by atoms with Gasteiger partial charge in [0.1, 0.15) is 17.0 Å².